The molecule has 2 rings (SSSR count). The number of hydrogen-bond donors (Lipinski definition) is 1. The van der Waals surface area contributed by atoms with Crippen LogP contribution in [-0.2, 0) is 4.74 Å². The summed E-state index contributed by atoms with van der Waals surface area (Å²) in [5, 5.41) is 0. The minimum atomic E-state index is 0.154. The van der Waals surface area contributed by atoms with E-state index in [0.29, 0.717) is 12.6 Å². The summed E-state index contributed by atoms with van der Waals surface area (Å²) in [6, 6.07) is 1.98. The molecule has 2 heterocycles. The number of nitrogens with two attached hydrogens (primary N) is 1. The maximum absolute atomic E-state index is 5.85. The van der Waals surface area contributed by atoms with E-state index in [1.807, 2.05) is 6.07 Å². The lowest BCUT2D eigenvalue weighted by molar-refractivity contribution is 0.0291. The number of furan rings is 1. The molecule has 1 fully saturated rings. The summed E-state index contributed by atoms with van der Waals surface area (Å²) < 4.78 is 11.3. The standard InChI is InChI=1S/C11H17NO2/c1-8-5-7-13-11(8)10-3-2-9(14-10)4-6-12/h5,7,9-10H,2-4,6,12H2,1H3. The van der Waals surface area contributed by atoms with Crippen molar-refractivity contribution >= 4 is 0 Å². The van der Waals surface area contributed by atoms with Gasteiger partial charge >= 0.3 is 0 Å². The topological polar surface area (TPSA) is 48.4 Å². The van der Waals surface area contributed by atoms with Crippen molar-refractivity contribution in [3.63, 3.8) is 0 Å². The summed E-state index contributed by atoms with van der Waals surface area (Å²) in [6.07, 6.45) is 5.32. The number of ether oxygens (including phenoxy) is 1. The van der Waals surface area contributed by atoms with Crippen LogP contribution in [-0.4, -0.2) is 12.6 Å². The largest absolute Gasteiger partial charge is 0.466 e. The predicted molar refractivity (Wildman–Crippen MR) is 54.0 cm³/mol. The van der Waals surface area contributed by atoms with E-state index in [2.05, 4.69) is 6.92 Å². The van der Waals surface area contributed by atoms with Gasteiger partial charge in [0, 0.05) is 0 Å². The molecule has 1 aliphatic heterocycles. The fourth-order valence-electron chi connectivity index (χ4n) is 2.01. The van der Waals surface area contributed by atoms with Gasteiger partial charge in [0.2, 0.25) is 0 Å². The zero-order valence-electron chi connectivity index (χ0n) is 8.53. The van der Waals surface area contributed by atoms with Crippen LogP contribution in [0.5, 0.6) is 0 Å². The van der Waals surface area contributed by atoms with Crippen LogP contribution < -0.4 is 5.73 Å². The molecule has 78 valence electrons. The summed E-state index contributed by atoms with van der Waals surface area (Å²) in [4.78, 5) is 0. The van der Waals surface area contributed by atoms with Gasteiger partial charge in [-0.25, -0.2) is 0 Å². The first-order chi connectivity index (χ1) is 6.81. The van der Waals surface area contributed by atoms with Gasteiger partial charge in [0.15, 0.2) is 0 Å². The minimum absolute atomic E-state index is 0.154. The molecule has 0 spiro atoms. The lowest BCUT2D eigenvalue weighted by Crippen LogP contribution is -2.12. The van der Waals surface area contributed by atoms with Crippen molar-refractivity contribution in [2.45, 2.75) is 38.4 Å². The quantitative estimate of drug-likeness (QED) is 0.804. The normalized spacial score (nSPS) is 27.0. The van der Waals surface area contributed by atoms with Crippen LogP contribution in [0.2, 0.25) is 0 Å². The third kappa shape index (κ3) is 1.83. The van der Waals surface area contributed by atoms with Crippen LogP contribution >= 0.6 is 0 Å². The average Bonchev–Trinajstić information content (AvgIpc) is 2.74. The van der Waals surface area contributed by atoms with Crippen molar-refractivity contribution in [1.29, 1.82) is 0 Å². The highest BCUT2D eigenvalue weighted by Gasteiger charge is 2.28. The molecule has 0 saturated carbocycles. The van der Waals surface area contributed by atoms with Crippen LogP contribution in [0.3, 0.4) is 0 Å². The Kier molecular flexibility index (Phi) is 2.89. The molecule has 0 amide bonds. The third-order valence-corrected chi connectivity index (χ3v) is 2.79. The van der Waals surface area contributed by atoms with E-state index < -0.39 is 0 Å². The molecule has 0 bridgehead atoms. The molecule has 0 radical (unpaired) electrons. The maximum Gasteiger partial charge on any atom is 0.135 e. The lowest BCUT2D eigenvalue weighted by atomic mass is 10.1. The molecule has 2 atom stereocenters. The molecule has 14 heavy (non-hydrogen) atoms. The minimum Gasteiger partial charge on any atom is -0.466 e. The second-order valence-corrected chi connectivity index (χ2v) is 3.87. The second-order valence-electron chi connectivity index (χ2n) is 3.87. The van der Waals surface area contributed by atoms with Crippen molar-refractivity contribution in [3.05, 3.63) is 23.7 Å². The van der Waals surface area contributed by atoms with E-state index >= 15 is 0 Å². The highest BCUT2D eigenvalue weighted by Crippen LogP contribution is 2.35. The summed E-state index contributed by atoms with van der Waals surface area (Å²) in [5.41, 5.74) is 6.68. The van der Waals surface area contributed by atoms with Crippen molar-refractivity contribution < 1.29 is 9.15 Å². The van der Waals surface area contributed by atoms with Gasteiger partial charge in [-0.1, -0.05) is 0 Å². The Hall–Kier alpha value is -0.800. The van der Waals surface area contributed by atoms with E-state index in [1.54, 1.807) is 6.26 Å². The first-order valence-corrected chi connectivity index (χ1v) is 5.20. The zero-order chi connectivity index (χ0) is 9.97. The Morgan fingerprint density at radius 3 is 3.00 bits per heavy atom. The number of hydrogen-bond acceptors (Lipinski definition) is 3. The second kappa shape index (κ2) is 4.15. The first kappa shape index (κ1) is 9.74. The molecule has 0 aliphatic carbocycles. The summed E-state index contributed by atoms with van der Waals surface area (Å²) in [7, 11) is 0. The average molecular weight is 195 g/mol. The summed E-state index contributed by atoms with van der Waals surface area (Å²) >= 11 is 0. The van der Waals surface area contributed by atoms with Crippen LogP contribution in [0.1, 0.15) is 36.7 Å². The van der Waals surface area contributed by atoms with Crippen molar-refractivity contribution in [1.82, 2.24) is 0 Å². The third-order valence-electron chi connectivity index (χ3n) is 2.79. The van der Waals surface area contributed by atoms with Crippen molar-refractivity contribution in [3.8, 4) is 0 Å². The van der Waals surface area contributed by atoms with Gasteiger partial charge < -0.3 is 14.9 Å². The van der Waals surface area contributed by atoms with Gasteiger partial charge in [0.25, 0.3) is 0 Å². The Morgan fingerprint density at radius 1 is 1.50 bits per heavy atom. The Morgan fingerprint density at radius 2 is 2.36 bits per heavy atom. The fourth-order valence-corrected chi connectivity index (χ4v) is 2.01. The fraction of sp³-hybridized carbons (Fsp3) is 0.636. The smallest absolute Gasteiger partial charge is 0.135 e. The number of rotatable bonds is 3. The summed E-state index contributed by atoms with van der Waals surface area (Å²) in [6.45, 7) is 2.76. The molecule has 1 aromatic rings. The number of aryl methyl sites for hydroxylation is 1. The van der Waals surface area contributed by atoms with E-state index in [1.165, 1.54) is 5.56 Å². The Bertz CT molecular complexity index is 295. The molecule has 0 aromatic carbocycles. The molecule has 2 N–H and O–H groups in total. The van der Waals surface area contributed by atoms with E-state index in [9.17, 15) is 0 Å². The zero-order valence-corrected chi connectivity index (χ0v) is 8.53. The van der Waals surface area contributed by atoms with Gasteiger partial charge in [-0.15, -0.1) is 0 Å². The van der Waals surface area contributed by atoms with E-state index in [-0.39, 0.29) is 6.10 Å². The van der Waals surface area contributed by atoms with Gasteiger partial charge in [0.1, 0.15) is 11.9 Å². The SMILES string of the molecule is Cc1ccoc1C1CCC(CCN)O1. The molecule has 1 aromatic heterocycles. The van der Waals surface area contributed by atoms with Crippen LogP contribution in [0.15, 0.2) is 16.7 Å². The van der Waals surface area contributed by atoms with Gasteiger partial charge in [-0.3, -0.25) is 0 Å². The van der Waals surface area contributed by atoms with Crippen molar-refractivity contribution in [2.24, 2.45) is 5.73 Å². The molecule has 1 saturated heterocycles. The Labute approximate surface area is 84.2 Å². The van der Waals surface area contributed by atoms with Gasteiger partial charge in [-0.05, 0) is 44.4 Å². The predicted octanol–water partition coefficient (Wildman–Crippen LogP) is 2.16. The molecular weight excluding hydrogens is 178 g/mol. The molecule has 2 unspecified atom stereocenters. The van der Waals surface area contributed by atoms with E-state index in [0.717, 1.165) is 25.0 Å². The lowest BCUT2D eigenvalue weighted by Gasteiger charge is -2.11. The summed E-state index contributed by atoms with van der Waals surface area (Å²) in [5.74, 6) is 0.990. The van der Waals surface area contributed by atoms with Crippen LogP contribution in [0, 0.1) is 6.92 Å². The highest BCUT2D eigenvalue weighted by atomic mass is 16.5. The van der Waals surface area contributed by atoms with Crippen molar-refractivity contribution in [2.75, 3.05) is 6.54 Å². The van der Waals surface area contributed by atoms with Gasteiger partial charge in [0.05, 0.1) is 12.4 Å². The maximum atomic E-state index is 5.85. The molecule has 1 aliphatic rings. The van der Waals surface area contributed by atoms with E-state index in [4.69, 9.17) is 14.9 Å². The highest BCUT2D eigenvalue weighted by molar-refractivity contribution is 5.17. The Balaban J connectivity index is 1.99. The van der Waals surface area contributed by atoms with Gasteiger partial charge in [-0.2, -0.15) is 0 Å². The van der Waals surface area contributed by atoms with Crippen LogP contribution in [0.4, 0.5) is 0 Å². The molecular formula is C11H17NO2. The first-order valence-electron chi connectivity index (χ1n) is 5.20. The monoisotopic (exact) mass is 195 g/mol. The molecule has 3 heteroatoms. The van der Waals surface area contributed by atoms with Crippen LogP contribution in [0.25, 0.3) is 0 Å². The molecule has 3 nitrogen and oxygen atoms in total.